The molecule has 0 saturated carbocycles. The smallest absolute Gasteiger partial charge is 0.271 e. The van der Waals surface area contributed by atoms with Crippen LogP contribution in [0.15, 0.2) is 67.0 Å². The van der Waals surface area contributed by atoms with Gasteiger partial charge in [-0.1, -0.05) is 0 Å². The molecule has 1 saturated heterocycles. The van der Waals surface area contributed by atoms with Crippen molar-refractivity contribution >= 4 is 58.2 Å². The second-order valence-corrected chi connectivity index (χ2v) is 10.5. The third kappa shape index (κ3) is 10.1. The summed E-state index contributed by atoms with van der Waals surface area (Å²) in [6.45, 7) is 5.80. The fourth-order valence-corrected chi connectivity index (χ4v) is 4.57. The Morgan fingerprint density at radius 3 is 1.68 bits per heavy atom. The molecule has 19 heteroatoms. The summed E-state index contributed by atoms with van der Waals surface area (Å²) in [7, 11) is 0. The lowest BCUT2D eigenvalue weighted by Gasteiger charge is -2.31. The number of carbonyl (C=O) groups excluding carboxylic acids is 2. The predicted molar refractivity (Wildman–Crippen MR) is 181 cm³/mol. The number of nitro groups is 1. The van der Waals surface area contributed by atoms with Crippen molar-refractivity contribution in [2.24, 2.45) is 70.9 Å². The molecular weight excluding hydrogens is 610 g/mol. The summed E-state index contributed by atoms with van der Waals surface area (Å²) in [6, 6.07) is 8.40. The maximum Gasteiger partial charge on any atom is 0.271 e. The average Bonchev–Trinajstić information content (AvgIpc) is 3.04. The molecule has 0 radical (unpaired) electrons. The van der Waals surface area contributed by atoms with Crippen LogP contribution in [0.25, 0.3) is 0 Å². The van der Waals surface area contributed by atoms with E-state index in [4.69, 9.17) is 34.4 Å². The van der Waals surface area contributed by atoms with Gasteiger partial charge in [0.2, 0.25) is 17.9 Å². The van der Waals surface area contributed by atoms with Crippen LogP contribution < -0.4 is 39.7 Å². The standard InChI is InChI=1S/C28H37N15O4/c1-14(36-39-26(29)30)17-4-6-42(7-5-17)25(45)21-9-20(12-23(13-21)43(46)47)24(44)35-22-10-18(15(2)37-40-27(31)32)8-19(11-22)16(3)38-41-28(33)34/h8-13,17H,4-7H2,1-3H3,(H,35,44)(H4,29,30,39)(H4,31,32,40)(H4,33,34,41)/b36-14+,37-15+,38-16+. The molecule has 1 fully saturated rings. The Balaban J connectivity index is 1.93. The third-order valence-corrected chi connectivity index (χ3v) is 6.99. The van der Waals surface area contributed by atoms with E-state index in [-0.39, 0.29) is 40.6 Å². The Morgan fingerprint density at radius 2 is 1.19 bits per heavy atom. The zero-order chi connectivity index (χ0) is 34.8. The van der Waals surface area contributed by atoms with Gasteiger partial charge in [0, 0.05) is 64.8 Å². The van der Waals surface area contributed by atoms with Crippen molar-refractivity contribution in [2.45, 2.75) is 33.6 Å². The van der Waals surface area contributed by atoms with E-state index in [0.717, 1.165) is 17.8 Å². The summed E-state index contributed by atoms with van der Waals surface area (Å²) in [5.74, 6) is -1.79. The molecule has 0 bridgehead atoms. The number of nitrogens with zero attached hydrogens (tertiary/aromatic N) is 8. The second-order valence-electron chi connectivity index (χ2n) is 10.5. The highest BCUT2D eigenvalue weighted by Gasteiger charge is 2.27. The van der Waals surface area contributed by atoms with E-state index < -0.39 is 22.4 Å². The van der Waals surface area contributed by atoms with Gasteiger partial charge in [-0.3, -0.25) is 19.7 Å². The first-order valence-electron chi connectivity index (χ1n) is 14.1. The molecule has 1 aliphatic rings. The molecule has 2 aromatic rings. The minimum absolute atomic E-state index is 0.0106. The van der Waals surface area contributed by atoms with Crippen molar-refractivity contribution in [3.8, 4) is 0 Å². The van der Waals surface area contributed by atoms with Gasteiger partial charge in [-0.15, -0.1) is 15.3 Å². The molecule has 1 heterocycles. The first-order chi connectivity index (χ1) is 22.1. The van der Waals surface area contributed by atoms with E-state index in [9.17, 15) is 19.7 Å². The van der Waals surface area contributed by atoms with Crippen LogP contribution >= 0.6 is 0 Å². The number of non-ortho nitro benzene ring substituents is 1. The molecule has 13 N–H and O–H groups in total. The number of guanidine groups is 3. The quantitative estimate of drug-likeness (QED) is 0.0802. The zero-order valence-corrected chi connectivity index (χ0v) is 26.0. The number of likely N-dealkylation sites (tertiary alicyclic amines) is 1. The van der Waals surface area contributed by atoms with Crippen molar-refractivity contribution in [2.75, 3.05) is 18.4 Å². The van der Waals surface area contributed by atoms with Gasteiger partial charge in [0.25, 0.3) is 17.5 Å². The second kappa shape index (κ2) is 15.5. The fourth-order valence-electron chi connectivity index (χ4n) is 4.57. The van der Waals surface area contributed by atoms with Crippen LogP contribution in [0, 0.1) is 16.0 Å². The van der Waals surface area contributed by atoms with Crippen LogP contribution in [-0.2, 0) is 0 Å². The minimum Gasteiger partial charge on any atom is -0.369 e. The normalized spacial score (nSPS) is 14.2. The summed E-state index contributed by atoms with van der Waals surface area (Å²) in [5, 5.41) is 37.5. The number of benzene rings is 2. The molecule has 2 amide bonds. The SMILES string of the molecule is C/C(=N\N=C(N)N)c1cc(NC(=O)c2cc(C(=O)N3CCC(/C(C)=N/N=C(N)N)CC3)cc([N+](=O)[O-])c2)cc(/C(C)=N/N=C(N)N)c1. The summed E-state index contributed by atoms with van der Waals surface area (Å²) < 4.78 is 0. The summed E-state index contributed by atoms with van der Waals surface area (Å²) in [6.07, 6.45) is 1.17. The van der Waals surface area contributed by atoms with Crippen molar-refractivity contribution < 1.29 is 14.5 Å². The van der Waals surface area contributed by atoms with Crippen LogP contribution in [0.5, 0.6) is 0 Å². The monoisotopic (exact) mass is 647 g/mol. The fraction of sp³-hybridized carbons (Fsp3) is 0.286. The van der Waals surface area contributed by atoms with E-state index in [0.29, 0.717) is 48.5 Å². The van der Waals surface area contributed by atoms with Crippen molar-refractivity contribution in [3.63, 3.8) is 0 Å². The molecule has 0 aromatic heterocycles. The number of hydrogen-bond donors (Lipinski definition) is 7. The first-order valence-corrected chi connectivity index (χ1v) is 14.1. The number of nitro benzene ring substituents is 1. The number of carbonyl (C=O) groups is 2. The Morgan fingerprint density at radius 1 is 0.723 bits per heavy atom. The maximum atomic E-state index is 13.5. The molecular formula is C28H37N15O4. The zero-order valence-electron chi connectivity index (χ0n) is 26.0. The Bertz CT molecular complexity index is 1670. The predicted octanol–water partition coefficient (Wildman–Crippen LogP) is 0.343. The van der Waals surface area contributed by atoms with E-state index in [1.54, 1.807) is 43.9 Å². The van der Waals surface area contributed by atoms with Crippen molar-refractivity contribution in [3.05, 3.63) is 68.8 Å². The van der Waals surface area contributed by atoms with E-state index >= 15 is 0 Å². The van der Waals surface area contributed by atoms with Crippen LogP contribution in [0.3, 0.4) is 0 Å². The lowest BCUT2D eigenvalue weighted by atomic mass is 9.92. The lowest BCUT2D eigenvalue weighted by Crippen LogP contribution is -2.40. The topological polar surface area (TPSA) is 323 Å². The highest BCUT2D eigenvalue weighted by Crippen LogP contribution is 2.25. The van der Waals surface area contributed by atoms with E-state index in [1.165, 1.54) is 6.07 Å². The Labute approximate surface area is 269 Å². The summed E-state index contributed by atoms with van der Waals surface area (Å²) >= 11 is 0. The van der Waals surface area contributed by atoms with Crippen molar-refractivity contribution in [1.82, 2.24) is 4.90 Å². The molecule has 47 heavy (non-hydrogen) atoms. The van der Waals surface area contributed by atoms with Gasteiger partial charge in [-0.25, -0.2) is 0 Å². The van der Waals surface area contributed by atoms with Crippen LogP contribution in [-0.4, -0.2) is 69.7 Å². The number of piperidine rings is 1. The molecule has 3 rings (SSSR count). The minimum atomic E-state index is -0.714. The molecule has 0 spiro atoms. The summed E-state index contributed by atoms with van der Waals surface area (Å²) in [5.41, 5.74) is 34.5. The average molecular weight is 648 g/mol. The number of nitrogens with two attached hydrogens (primary N) is 6. The largest absolute Gasteiger partial charge is 0.369 e. The number of hydrogen-bond acceptors (Lipinski definition) is 10. The molecule has 248 valence electrons. The number of rotatable bonds is 10. The number of anilines is 1. The Hall–Kier alpha value is -6.40. The van der Waals surface area contributed by atoms with Gasteiger partial charge in [0.15, 0.2) is 0 Å². The third-order valence-electron chi connectivity index (χ3n) is 6.99. The number of amides is 2. The maximum absolute atomic E-state index is 13.5. The highest BCUT2D eigenvalue weighted by atomic mass is 16.6. The van der Waals surface area contributed by atoms with E-state index in [1.807, 2.05) is 0 Å². The van der Waals surface area contributed by atoms with Gasteiger partial charge in [0.1, 0.15) is 0 Å². The van der Waals surface area contributed by atoms with Gasteiger partial charge >= 0.3 is 0 Å². The van der Waals surface area contributed by atoms with Gasteiger partial charge in [-0.05, 0) is 57.9 Å². The number of nitrogens with one attached hydrogen (secondary N) is 1. The van der Waals surface area contributed by atoms with Gasteiger partial charge in [0.05, 0.1) is 16.3 Å². The van der Waals surface area contributed by atoms with Crippen LogP contribution in [0.4, 0.5) is 11.4 Å². The lowest BCUT2D eigenvalue weighted by molar-refractivity contribution is -0.384. The summed E-state index contributed by atoms with van der Waals surface area (Å²) in [4.78, 5) is 39.6. The van der Waals surface area contributed by atoms with Gasteiger partial charge in [-0.2, -0.15) is 15.3 Å². The molecule has 1 aliphatic heterocycles. The van der Waals surface area contributed by atoms with Crippen LogP contribution in [0.2, 0.25) is 0 Å². The van der Waals surface area contributed by atoms with Crippen LogP contribution in [0.1, 0.15) is 65.5 Å². The first kappa shape index (κ1) is 35.1. The molecule has 0 atom stereocenters. The molecule has 0 aliphatic carbocycles. The molecule has 2 aromatic carbocycles. The van der Waals surface area contributed by atoms with E-state index in [2.05, 4.69) is 35.9 Å². The molecule has 0 unspecified atom stereocenters. The van der Waals surface area contributed by atoms with Gasteiger partial charge < -0.3 is 44.6 Å². The highest BCUT2D eigenvalue weighted by molar-refractivity contribution is 6.10. The van der Waals surface area contributed by atoms with Crippen molar-refractivity contribution in [1.29, 1.82) is 0 Å². The molecule has 19 nitrogen and oxygen atoms in total. The Kier molecular flexibility index (Phi) is 11.6.